The van der Waals surface area contributed by atoms with Crippen LogP contribution in [0.5, 0.6) is 0 Å². The quantitative estimate of drug-likeness (QED) is 0.276. The second kappa shape index (κ2) is 5.51. The fourth-order valence-electron chi connectivity index (χ4n) is 0.946. The Morgan fingerprint density at radius 1 is 1.67 bits per heavy atom. The van der Waals surface area contributed by atoms with Crippen molar-refractivity contribution in [2.24, 2.45) is 5.11 Å². The molecule has 0 bridgehead atoms. The Morgan fingerprint density at radius 2 is 2.47 bits per heavy atom. The van der Waals surface area contributed by atoms with Crippen LogP contribution in [0.2, 0.25) is 0 Å². The summed E-state index contributed by atoms with van der Waals surface area (Å²) in [6.07, 6.45) is 1.86. The molecule has 0 aliphatic carbocycles. The third kappa shape index (κ3) is 3.57. The number of H-pyrrole nitrogens is 2. The first-order valence-electron chi connectivity index (χ1n) is 4.31. The molecule has 0 atom stereocenters. The summed E-state index contributed by atoms with van der Waals surface area (Å²) in [5, 5.41) is 5.87. The van der Waals surface area contributed by atoms with Gasteiger partial charge in [-0.25, -0.2) is 4.79 Å². The molecule has 0 radical (unpaired) electrons. The number of carbonyl (C=O) groups is 1. The number of hydrogen-bond acceptors (Lipinski definition) is 3. The van der Waals surface area contributed by atoms with Crippen molar-refractivity contribution in [2.45, 2.75) is 6.42 Å². The molecule has 0 unspecified atom stereocenters. The van der Waals surface area contributed by atoms with Crippen LogP contribution in [0, 0.1) is 0 Å². The van der Waals surface area contributed by atoms with Gasteiger partial charge in [-0.2, -0.15) is 0 Å². The van der Waals surface area contributed by atoms with E-state index in [0.29, 0.717) is 19.5 Å². The number of nitrogens with zero attached hydrogens (tertiary/aromatic N) is 3. The van der Waals surface area contributed by atoms with E-state index in [1.807, 2.05) is 0 Å². The average molecular weight is 210 g/mol. The van der Waals surface area contributed by atoms with Crippen LogP contribution in [0.15, 0.2) is 16.1 Å². The molecule has 1 amide bonds. The summed E-state index contributed by atoms with van der Waals surface area (Å²) in [7, 11) is 0. The molecule has 0 saturated carbocycles. The van der Waals surface area contributed by atoms with E-state index in [0.717, 1.165) is 0 Å². The molecular weight excluding hydrogens is 200 g/mol. The van der Waals surface area contributed by atoms with E-state index >= 15 is 0 Å². The fourth-order valence-corrected chi connectivity index (χ4v) is 0.946. The predicted molar refractivity (Wildman–Crippen MR) is 52.4 cm³/mol. The molecule has 0 fully saturated rings. The highest BCUT2D eigenvalue weighted by molar-refractivity contribution is 5.91. The van der Waals surface area contributed by atoms with Crippen LogP contribution in [0.1, 0.15) is 16.9 Å². The van der Waals surface area contributed by atoms with Gasteiger partial charge in [-0.15, -0.1) is 0 Å². The van der Waals surface area contributed by atoms with Crippen LogP contribution < -0.4 is 11.0 Å². The van der Waals surface area contributed by atoms with Crippen LogP contribution >= 0.6 is 0 Å². The minimum atomic E-state index is -0.422. The lowest BCUT2D eigenvalue weighted by molar-refractivity contribution is 0.0949. The van der Waals surface area contributed by atoms with Crippen molar-refractivity contribution in [3.05, 3.63) is 32.8 Å². The molecule has 80 valence electrons. The average Bonchev–Trinajstić information content (AvgIpc) is 2.64. The van der Waals surface area contributed by atoms with Crippen LogP contribution in [0.4, 0.5) is 0 Å². The van der Waals surface area contributed by atoms with Crippen molar-refractivity contribution in [1.82, 2.24) is 15.3 Å². The zero-order chi connectivity index (χ0) is 11.1. The number of azide groups is 1. The van der Waals surface area contributed by atoms with E-state index in [4.69, 9.17) is 5.53 Å². The summed E-state index contributed by atoms with van der Waals surface area (Å²) in [6, 6.07) is 0. The van der Waals surface area contributed by atoms with Crippen LogP contribution in [-0.2, 0) is 0 Å². The van der Waals surface area contributed by atoms with Gasteiger partial charge in [0.25, 0.3) is 5.91 Å². The van der Waals surface area contributed by atoms with Crippen molar-refractivity contribution >= 4 is 5.91 Å². The fraction of sp³-hybridized carbons (Fsp3) is 0.429. The van der Waals surface area contributed by atoms with Gasteiger partial charge in [0.05, 0.1) is 0 Å². The van der Waals surface area contributed by atoms with E-state index < -0.39 is 5.69 Å². The number of rotatable bonds is 5. The van der Waals surface area contributed by atoms with Gasteiger partial charge in [0.1, 0.15) is 5.69 Å². The Hall–Kier alpha value is -2.21. The first-order valence-corrected chi connectivity index (χ1v) is 4.31. The second-order valence-corrected chi connectivity index (χ2v) is 2.72. The number of hydrogen-bond donors (Lipinski definition) is 3. The number of amides is 1. The molecule has 0 aliphatic rings. The molecule has 0 aliphatic heterocycles. The zero-order valence-corrected chi connectivity index (χ0v) is 7.86. The largest absolute Gasteiger partial charge is 0.351 e. The van der Waals surface area contributed by atoms with Gasteiger partial charge in [0.2, 0.25) is 0 Å². The normalized spacial score (nSPS) is 9.33. The molecule has 1 rings (SSSR count). The van der Waals surface area contributed by atoms with Crippen LogP contribution in [-0.4, -0.2) is 29.0 Å². The molecule has 8 heteroatoms. The molecule has 8 nitrogen and oxygen atoms in total. The van der Waals surface area contributed by atoms with Gasteiger partial charge in [-0.3, -0.25) is 4.79 Å². The van der Waals surface area contributed by atoms with Gasteiger partial charge in [-0.05, 0) is 12.0 Å². The number of imidazole rings is 1. The van der Waals surface area contributed by atoms with Crippen LogP contribution in [0.25, 0.3) is 10.4 Å². The van der Waals surface area contributed by atoms with Crippen molar-refractivity contribution in [1.29, 1.82) is 0 Å². The maximum absolute atomic E-state index is 11.3. The molecule has 1 heterocycles. The predicted octanol–water partition coefficient (Wildman–Crippen LogP) is 0.133. The maximum Gasteiger partial charge on any atom is 0.323 e. The van der Waals surface area contributed by atoms with Crippen molar-refractivity contribution in [3.63, 3.8) is 0 Å². The Labute approximate surface area is 84.3 Å². The molecule has 0 spiro atoms. The highest BCUT2D eigenvalue weighted by Gasteiger charge is 2.05. The lowest BCUT2D eigenvalue weighted by Crippen LogP contribution is -2.25. The Balaban J connectivity index is 2.30. The topological polar surface area (TPSA) is 127 Å². The van der Waals surface area contributed by atoms with Crippen LogP contribution in [0.3, 0.4) is 0 Å². The Kier molecular flexibility index (Phi) is 3.99. The van der Waals surface area contributed by atoms with Crippen molar-refractivity contribution in [2.75, 3.05) is 13.1 Å². The third-order valence-electron chi connectivity index (χ3n) is 1.62. The van der Waals surface area contributed by atoms with E-state index in [-0.39, 0.29) is 11.6 Å². The molecule has 0 aromatic carbocycles. The molecule has 15 heavy (non-hydrogen) atoms. The highest BCUT2D eigenvalue weighted by atomic mass is 16.2. The minimum Gasteiger partial charge on any atom is -0.351 e. The Bertz CT molecular complexity index is 427. The summed E-state index contributed by atoms with van der Waals surface area (Å²) in [5.74, 6) is -0.366. The number of carbonyl (C=O) groups excluding carboxylic acids is 1. The van der Waals surface area contributed by atoms with E-state index in [1.54, 1.807) is 0 Å². The summed E-state index contributed by atoms with van der Waals surface area (Å²) in [4.78, 5) is 29.2. The monoisotopic (exact) mass is 210 g/mol. The van der Waals surface area contributed by atoms with Gasteiger partial charge in [0, 0.05) is 24.2 Å². The highest BCUT2D eigenvalue weighted by Crippen LogP contribution is 1.87. The summed E-state index contributed by atoms with van der Waals surface area (Å²) in [6.45, 7) is 0.728. The minimum absolute atomic E-state index is 0.184. The van der Waals surface area contributed by atoms with Gasteiger partial charge >= 0.3 is 5.69 Å². The summed E-state index contributed by atoms with van der Waals surface area (Å²) >= 11 is 0. The van der Waals surface area contributed by atoms with E-state index in [9.17, 15) is 9.59 Å². The van der Waals surface area contributed by atoms with Gasteiger partial charge in [-0.1, -0.05) is 5.11 Å². The molecule has 3 N–H and O–H groups in total. The molecular formula is C7H10N6O2. The lowest BCUT2D eigenvalue weighted by Gasteiger charge is -2.00. The standard InChI is InChI=1S/C7H10N6O2/c8-13-11-3-1-2-9-6(14)5-4-10-7(15)12-5/h4H,1-3H2,(H,9,14)(H2,10,12,15). The zero-order valence-electron chi connectivity index (χ0n) is 7.86. The van der Waals surface area contributed by atoms with Gasteiger partial charge < -0.3 is 15.3 Å². The first-order chi connectivity index (χ1) is 7.24. The summed E-state index contributed by atoms with van der Waals surface area (Å²) in [5.41, 5.74) is 7.74. The van der Waals surface area contributed by atoms with Gasteiger partial charge in [0.15, 0.2) is 0 Å². The molecule has 1 aromatic heterocycles. The maximum atomic E-state index is 11.3. The van der Waals surface area contributed by atoms with E-state index in [1.165, 1.54) is 6.20 Å². The first kappa shape index (κ1) is 10.9. The Morgan fingerprint density at radius 3 is 3.07 bits per heavy atom. The number of aromatic nitrogens is 2. The number of nitrogens with one attached hydrogen (secondary N) is 3. The molecule has 1 aromatic rings. The molecule has 0 saturated heterocycles. The SMILES string of the molecule is [N-]=[N+]=NCCCNC(=O)c1c[nH]c(=O)[nH]1. The summed E-state index contributed by atoms with van der Waals surface area (Å²) < 4.78 is 0. The number of aromatic amines is 2. The lowest BCUT2D eigenvalue weighted by atomic mass is 10.4. The second-order valence-electron chi connectivity index (χ2n) is 2.72. The van der Waals surface area contributed by atoms with Crippen molar-refractivity contribution < 1.29 is 4.79 Å². The van der Waals surface area contributed by atoms with Crippen molar-refractivity contribution in [3.8, 4) is 0 Å². The van der Waals surface area contributed by atoms with E-state index in [2.05, 4.69) is 25.3 Å². The smallest absolute Gasteiger partial charge is 0.323 e. The third-order valence-corrected chi connectivity index (χ3v) is 1.62.